The van der Waals surface area contributed by atoms with Crippen LogP contribution >= 0.6 is 23.5 Å². The zero-order valence-electron chi connectivity index (χ0n) is 39.4. The number of benzene rings is 2. The van der Waals surface area contributed by atoms with Crippen molar-refractivity contribution in [2.24, 2.45) is 0 Å². The van der Waals surface area contributed by atoms with Crippen LogP contribution in [0.4, 0.5) is 114 Å². The molecule has 76 heavy (non-hydrogen) atoms. The second-order valence-corrected chi connectivity index (χ2v) is 19.0. The molecule has 2 unspecified atom stereocenters. The third-order valence-corrected chi connectivity index (χ3v) is 12.8. The van der Waals surface area contributed by atoms with Gasteiger partial charge in [-0.1, -0.05) is 24.3 Å². The summed E-state index contributed by atoms with van der Waals surface area (Å²) in [5.74, 6) is -79.2. The molecule has 0 aliphatic heterocycles. The Hall–Kier alpha value is -4.14. The number of rotatable bonds is 27. The van der Waals surface area contributed by atoms with Crippen LogP contribution in [0.1, 0.15) is 60.1 Å². The first kappa shape index (κ1) is 68.0. The van der Waals surface area contributed by atoms with E-state index in [4.69, 9.17) is 9.47 Å². The van der Waals surface area contributed by atoms with E-state index < -0.39 is 120 Å². The Labute approximate surface area is 422 Å². The largest absolute Gasteiger partial charge is 0.480 e. The average molecular weight is 1200 g/mol. The molecular weight excluding hydrogens is 1150 g/mol. The summed E-state index contributed by atoms with van der Waals surface area (Å²) < 4.78 is 360. The molecule has 0 radical (unpaired) electrons. The summed E-state index contributed by atoms with van der Waals surface area (Å²) in [6.45, 7) is 7.87. The maximum absolute atomic E-state index is 14.2. The summed E-state index contributed by atoms with van der Waals surface area (Å²) in [6.07, 6.45) is -22.3. The zero-order valence-corrected chi connectivity index (χ0v) is 41.0. The molecule has 0 fully saturated rings. The summed E-state index contributed by atoms with van der Waals surface area (Å²) in [6, 6.07) is 5.34. The van der Waals surface area contributed by atoms with E-state index in [1.807, 2.05) is 0 Å². The maximum Gasteiger partial charge on any atom is 0.460 e. The summed E-state index contributed by atoms with van der Waals surface area (Å²) in [5, 5.41) is 4.89. The van der Waals surface area contributed by atoms with Crippen LogP contribution < -0.4 is 20.1 Å². The van der Waals surface area contributed by atoms with Crippen molar-refractivity contribution >= 4 is 35.3 Å². The Kier molecular flexibility index (Phi) is 20.8. The lowest BCUT2D eigenvalue weighted by Gasteiger charge is -2.39. The molecule has 0 heterocycles. The number of carbonyl (C=O) groups is 2. The Morgan fingerprint density at radius 3 is 0.895 bits per heavy atom. The van der Waals surface area contributed by atoms with Crippen LogP contribution in [0.2, 0.25) is 0 Å². The third-order valence-electron chi connectivity index (χ3n) is 10.7. The monoisotopic (exact) mass is 1200 g/mol. The fourth-order valence-corrected chi connectivity index (χ4v) is 8.33. The lowest BCUT2D eigenvalue weighted by molar-refractivity contribution is -0.439. The van der Waals surface area contributed by atoms with Gasteiger partial charge in [-0.05, 0) is 86.4 Å². The molecule has 34 heteroatoms. The fourth-order valence-electron chi connectivity index (χ4n) is 6.44. The van der Waals surface area contributed by atoms with E-state index in [2.05, 4.69) is 10.6 Å². The van der Waals surface area contributed by atoms with Gasteiger partial charge in [0.25, 0.3) is 11.8 Å². The number of halogens is 26. The molecule has 2 aromatic carbocycles. The Bertz CT molecular complexity index is 2140. The molecule has 2 rings (SSSR count). The van der Waals surface area contributed by atoms with Crippen LogP contribution in [0.25, 0.3) is 0 Å². The molecule has 0 spiro atoms. The Morgan fingerprint density at radius 1 is 0.421 bits per heavy atom. The molecular formula is C42H42F26N2O4S2. The molecule has 0 saturated heterocycles. The Morgan fingerprint density at radius 2 is 0.658 bits per heavy atom. The minimum atomic E-state index is -8.00. The number of hydrogen-bond acceptors (Lipinski definition) is 6. The second-order valence-electron chi connectivity index (χ2n) is 16.8. The fraction of sp³-hybridized carbons (Fsp3) is 0.667. The van der Waals surface area contributed by atoms with Crippen molar-refractivity contribution in [1.29, 1.82) is 0 Å². The van der Waals surface area contributed by atoms with Crippen LogP contribution in [0.15, 0.2) is 24.3 Å². The van der Waals surface area contributed by atoms with Gasteiger partial charge in [-0.3, -0.25) is 9.59 Å². The van der Waals surface area contributed by atoms with E-state index in [9.17, 15) is 124 Å². The number of carbonyl (C=O) groups excluding carboxylic acids is 2. The van der Waals surface area contributed by atoms with Crippen molar-refractivity contribution in [3.8, 4) is 11.5 Å². The molecule has 0 aromatic heterocycles. The number of hydrogen-bond donors (Lipinski definition) is 2. The zero-order chi connectivity index (χ0) is 59.7. The quantitative estimate of drug-likeness (QED) is 0.0686. The number of aryl methyl sites for hydroxylation is 4. The standard InChI is InChI=1S/C42H42F26N2O4S2/c1-19-13-25(17-75-11-7-31(43,44)33(47,48)35(51,52)37(55,56)39(59,60)41(63,64)65)14-20(2)27(19)73-23(5)29(71)69-9-10-70-30(72)24(6)74-28-21(3)15-26(16-22(28)4)18-76-12-8-32(45,46)34(49,50)36(53,54)38(57,58)40(61,62)42(66,67)68/h13-16,23-24H,7-12,17-18H2,1-6H3,(H,69,71)(H,70,72). The van der Waals surface area contributed by atoms with Crippen molar-refractivity contribution in [3.63, 3.8) is 0 Å². The third kappa shape index (κ3) is 13.5. The first-order chi connectivity index (χ1) is 33.9. The van der Waals surface area contributed by atoms with Crippen LogP contribution in [-0.4, -0.2) is 120 Å². The van der Waals surface area contributed by atoms with Crippen LogP contribution in [0.3, 0.4) is 0 Å². The molecule has 0 aliphatic carbocycles. The van der Waals surface area contributed by atoms with E-state index in [1.165, 1.54) is 65.8 Å². The Balaban J connectivity index is 1.92. The number of alkyl halides is 26. The first-order valence-corrected chi connectivity index (χ1v) is 23.3. The topological polar surface area (TPSA) is 76.7 Å². The molecule has 6 nitrogen and oxygen atoms in total. The highest BCUT2D eigenvalue weighted by molar-refractivity contribution is 7.98. The van der Waals surface area contributed by atoms with Crippen molar-refractivity contribution in [1.82, 2.24) is 10.6 Å². The summed E-state index contributed by atoms with van der Waals surface area (Å²) >= 11 is 0.656. The van der Waals surface area contributed by atoms with Gasteiger partial charge in [0, 0.05) is 37.4 Å². The smallest absolute Gasteiger partial charge is 0.460 e. The van der Waals surface area contributed by atoms with E-state index in [-0.39, 0.29) is 69.5 Å². The molecule has 438 valence electrons. The van der Waals surface area contributed by atoms with Gasteiger partial charge in [-0.25, -0.2) is 0 Å². The van der Waals surface area contributed by atoms with E-state index >= 15 is 0 Å². The predicted octanol–water partition coefficient (Wildman–Crippen LogP) is 14.1. The predicted molar refractivity (Wildman–Crippen MR) is 221 cm³/mol. The minimum Gasteiger partial charge on any atom is -0.480 e. The molecule has 2 atom stereocenters. The second kappa shape index (κ2) is 23.3. The van der Waals surface area contributed by atoms with E-state index in [0.29, 0.717) is 23.5 Å². The van der Waals surface area contributed by atoms with Gasteiger partial charge < -0.3 is 20.1 Å². The maximum atomic E-state index is 14.2. The first-order valence-electron chi connectivity index (χ1n) is 21.0. The molecule has 0 saturated carbocycles. The highest BCUT2D eigenvalue weighted by Crippen LogP contribution is 2.62. The number of amides is 2. The van der Waals surface area contributed by atoms with Gasteiger partial charge in [0.1, 0.15) is 11.5 Å². The van der Waals surface area contributed by atoms with Crippen molar-refractivity contribution in [2.45, 2.75) is 150 Å². The summed E-state index contributed by atoms with van der Waals surface area (Å²) in [7, 11) is 0. The number of thioether (sulfide) groups is 2. The molecule has 0 aliphatic rings. The van der Waals surface area contributed by atoms with Gasteiger partial charge >= 0.3 is 71.6 Å². The van der Waals surface area contributed by atoms with Gasteiger partial charge in [-0.2, -0.15) is 138 Å². The van der Waals surface area contributed by atoms with E-state index in [0.717, 1.165) is 0 Å². The lowest BCUT2D eigenvalue weighted by atomic mass is 9.93. The van der Waals surface area contributed by atoms with Gasteiger partial charge in [-0.15, -0.1) is 0 Å². The SMILES string of the molecule is Cc1cc(CSCCC(F)(F)C(F)(F)C(F)(F)C(F)(F)C(F)(F)C(F)(F)F)cc(C)c1OC(C)C(=O)NCCNC(=O)C(C)Oc1c(C)cc(CSCCC(F)(F)C(F)(F)C(F)(F)C(F)(F)C(F)(F)C(F)(F)F)cc1C. The molecule has 2 N–H and O–H groups in total. The highest BCUT2D eigenvalue weighted by Gasteiger charge is 2.92. The van der Waals surface area contributed by atoms with Crippen LogP contribution in [0.5, 0.6) is 11.5 Å². The number of nitrogens with one attached hydrogen (secondary N) is 2. The lowest BCUT2D eigenvalue weighted by Crippen LogP contribution is -2.70. The van der Waals surface area contributed by atoms with Gasteiger partial charge in [0.2, 0.25) is 0 Å². The molecule has 2 amide bonds. The van der Waals surface area contributed by atoms with Gasteiger partial charge in [0.15, 0.2) is 12.2 Å². The van der Waals surface area contributed by atoms with Crippen molar-refractivity contribution < 1.29 is 133 Å². The van der Waals surface area contributed by atoms with Crippen molar-refractivity contribution in [2.75, 3.05) is 24.6 Å². The van der Waals surface area contributed by atoms with Crippen LogP contribution in [-0.2, 0) is 21.1 Å². The summed E-state index contributed by atoms with van der Waals surface area (Å²) in [4.78, 5) is 25.5. The van der Waals surface area contributed by atoms with Crippen molar-refractivity contribution in [3.05, 3.63) is 57.6 Å². The summed E-state index contributed by atoms with van der Waals surface area (Å²) in [5.41, 5.74) is 1.59. The average Bonchev–Trinajstić information content (AvgIpc) is 3.26. The minimum absolute atomic E-state index is 0.0918. The number of ether oxygens (including phenoxy) is 2. The van der Waals surface area contributed by atoms with Crippen LogP contribution in [0, 0.1) is 27.7 Å². The highest BCUT2D eigenvalue weighted by atomic mass is 32.2. The van der Waals surface area contributed by atoms with Gasteiger partial charge in [0.05, 0.1) is 0 Å². The molecule has 2 aromatic rings. The normalized spacial score (nSPS) is 15.1. The molecule has 0 bridgehead atoms. The van der Waals surface area contributed by atoms with E-state index in [1.54, 1.807) is 0 Å².